The zero-order valence-electron chi connectivity index (χ0n) is 8.13. The van der Waals surface area contributed by atoms with Gasteiger partial charge < -0.3 is 15.2 Å². The molecule has 0 fully saturated rings. The van der Waals surface area contributed by atoms with E-state index in [1.54, 1.807) is 6.07 Å². The molecule has 0 spiro atoms. The third-order valence-electron chi connectivity index (χ3n) is 1.74. The van der Waals surface area contributed by atoms with Crippen LogP contribution in [0.25, 0.3) is 0 Å². The number of phenols is 1. The van der Waals surface area contributed by atoms with Gasteiger partial charge in [-0.25, -0.2) is 4.79 Å². The topological polar surface area (TPSA) is 58.6 Å². The van der Waals surface area contributed by atoms with Crippen LogP contribution in [0.4, 0.5) is 5.69 Å². The van der Waals surface area contributed by atoms with Gasteiger partial charge in [0.15, 0.2) is 5.75 Å². The van der Waals surface area contributed by atoms with Crippen molar-refractivity contribution in [3.8, 4) is 5.75 Å². The first kappa shape index (κ1) is 10.4. The first-order chi connectivity index (χ1) is 6.70. The molecule has 0 saturated carbocycles. The van der Waals surface area contributed by atoms with Crippen LogP contribution >= 0.6 is 0 Å². The van der Waals surface area contributed by atoms with Crippen LogP contribution in [0.1, 0.15) is 17.3 Å². The summed E-state index contributed by atoms with van der Waals surface area (Å²) in [5, 5.41) is 12.5. The van der Waals surface area contributed by atoms with Gasteiger partial charge in [-0.15, -0.1) is 0 Å². The van der Waals surface area contributed by atoms with Crippen LogP contribution in [-0.4, -0.2) is 24.7 Å². The number of hydrogen-bond donors (Lipinski definition) is 2. The number of aromatic hydroxyl groups is 1. The van der Waals surface area contributed by atoms with Crippen LogP contribution in [0.5, 0.6) is 5.75 Å². The van der Waals surface area contributed by atoms with Crippen molar-refractivity contribution in [2.45, 2.75) is 6.92 Å². The minimum atomic E-state index is -0.571. The Balaban J connectivity index is 3.07. The number of phenolic OH excluding ortho intramolecular Hbond substituents is 1. The van der Waals surface area contributed by atoms with Crippen LogP contribution in [0.3, 0.4) is 0 Å². The number of benzene rings is 1. The monoisotopic (exact) mass is 194 g/mol. The van der Waals surface area contributed by atoms with E-state index in [0.717, 1.165) is 0 Å². The SMILES string of the molecule is CCNc1c[c]cc(C(=O)OC)c1O. The van der Waals surface area contributed by atoms with E-state index in [4.69, 9.17) is 0 Å². The van der Waals surface area contributed by atoms with E-state index in [9.17, 15) is 9.90 Å². The summed E-state index contributed by atoms with van der Waals surface area (Å²) in [5.74, 6) is -0.670. The van der Waals surface area contributed by atoms with E-state index < -0.39 is 5.97 Å². The summed E-state index contributed by atoms with van der Waals surface area (Å²) < 4.78 is 4.50. The van der Waals surface area contributed by atoms with E-state index in [1.165, 1.54) is 13.2 Å². The second-order valence-corrected chi connectivity index (χ2v) is 2.65. The lowest BCUT2D eigenvalue weighted by Crippen LogP contribution is -2.04. The third kappa shape index (κ3) is 1.96. The fourth-order valence-corrected chi connectivity index (χ4v) is 1.08. The second kappa shape index (κ2) is 4.50. The maximum Gasteiger partial charge on any atom is 0.341 e. The lowest BCUT2D eigenvalue weighted by Gasteiger charge is -2.08. The number of carbonyl (C=O) groups excluding carboxylic acids is 1. The van der Waals surface area contributed by atoms with Crippen molar-refractivity contribution < 1.29 is 14.6 Å². The average molecular weight is 194 g/mol. The number of ether oxygens (including phenoxy) is 1. The number of hydrogen-bond acceptors (Lipinski definition) is 4. The lowest BCUT2D eigenvalue weighted by atomic mass is 10.1. The summed E-state index contributed by atoms with van der Waals surface area (Å²) >= 11 is 0. The van der Waals surface area contributed by atoms with Crippen molar-refractivity contribution in [3.63, 3.8) is 0 Å². The molecule has 0 unspecified atom stereocenters. The molecule has 0 bridgehead atoms. The predicted molar refractivity (Wildman–Crippen MR) is 52.4 cm³/mol. The Labute approximate surface area is 82.5 Å². The van der Waals surface area contributed by atoms with Gasteiger partial charge in [0.2, 0.25) is 0 Å². The van der Waals surface area contributed by atoms with Crippen molar-refractivity contribution in [3.05, 3.63) is 23.8 Å². The van der Waals surface area contributed by atoms with Gasteiger partial charge in [-0.1, -0.05) is 0 Å². The molecule has 0 aliphatic carbocycles. The third-order valence-corrected chi connectivity index (χ3v) is 1.74. The minimum absolute atomic E-state index is 0.0996. The highest BCUT2D eigenvalue weighted by Gasteiger charge is 2.13. The van der Waals surface area contributed by atoms with E-state index in [2.05, 4.69) is 16.1 Å². The van der Waals surface area contributed by atoms with Gasteiger partial charge in [0.25, 0.3) is 0 Å². The molecule has 1 radical (unpaired) electrons. The van der Waals surface area contributed by atoms with E-state index in [-0.39, 0.29) is 11.3 Å². The maximum absolute atomic E-state index is 11.2. The molecular formula is C10H12NO3. The van der Waals surface area contributed by atoms with Crippen LogP contribution in [0, 0.1) is 6.07 Å². The van der Waals surface area contributed by atoms with Gasteiger partial charge >= 0.3 is 5.97 Å². The molecule has 0 heterocycles. The Bertz CT molecular complexity index is 336. The molecule has 0 amide bonds. The van der Waals surface area contributed by atoms with E-state index in [1.807, 2.05) is 6.92 Å². The Hall–Kier alpha value is -1.71. The Kier molecular flexibility index (Phi) is 3.34. The number of anilines is 1. The first-order valence-electron chi connectivity index (χ1n) is 4.26. The number of nitrogens with one attached hydrogen (secondary N) is 1. The molecule has 4 nitrogen and oxygen atoms in total. The predicted octanol–water partition coefficient (Wildman–Crippen LogP) is 1.41. The van der Waals surface area contributed by atoms with Gasteiger partial charge in [-0.3, -0.25) is 0 Å². The smallest absolute Gasteiger partial charge is 0.341 e. The normalized spacial score (nSPS) is 9.57. The van der Waals surface area contributed by atoms with Gasteiger partial charge in [-0.2, -0.15) is 0 Å². The summed E-state index contributed by atoms with van der Waals surface area (Å²) in [5.41, 5.74) is 0.598. The molecule has 0 aliphatic rings. The number of carbonyl (C=O) groups is 1. The largest absolute Gasteiger partial charge is 0.505 e. The number of esters is 1. The summed E-state index contributed by atoms with van der Waals surface area (Å²) in [7, 11) is 1.27. The maximum atomic E-state index is 11.2. The lowest BCUT2D eigenvalue weighted by molar-refractivity contribution is 0.0597. The summed E-state index contributed by atoms with van der Waals surface area (Å²) in [6.07, 6.45) is 0. The Morgan fingerprint density at radius 3 is 2.93 bits per heavy atom. The van der Waals surface area contributed by atoms with Crippen LogP contribution in [0.15, 0.2) is 12.1 Å². The number of methoxy groups -OCH3 is 1. The van der Waals surface area contributed by atoms with Crippen molar-refractivity contribution in [2.24, 2.45) is 0 Å². The van der Waals surface area contributed by atoms with Crippen molar-refractivity contribution in [1.29, 1.82) is 0 Å². The highest BCUT2D eigenvalue weighted by atomic mass is 16.5. The van der Waals surface area contributed by atoms with Crippen LogP contribution in [0.2, 0.25) is 0 Å². The van der Waals surface area contributed by atoms with Gasteiger partial charge in [0.05, 0.1) is 12.8 Å². The van der Waals surface area contributed by atoms with Crippen LogP contribution in [-0.2, 0) is 4.74 Å². The quantitative estimate of drug-likeness (QED) is 0.564. The fraction of sp³-hybridized carbons (Fsp3) is 0.300. The fourth-order valence-electron chi connectivity index (χ4n) is 1.08. The molecule has 1 rings (SSSR count). The standard InChI is InChI=1S/C10H12NO3/c1-3-11-8-6-4-5-7(9(8)12)10(13)14-2/h5-6,11-12H,3H2,1-2H3. The molecule has 75 valence electrons. The molecule has 1 aromatic carbocycles. The Morgan fingerprint density at radius 1 is 1.64 bits per heavy atom. The van der Waals surface area contributed by atoms with E-state index >= 15 is 0 Å². The molecule has 14 heavy (non-hydrogen) atoms. The van der Waals surface area contributed by atoms with E-state index in [0.29, 0.717) is 12.2 Å². The zero-order valence-corrected chi connectivity index (χ0v) is 8.13. The molecule has 0 atom stereocenters. The van der Waals surface area contributed by atoms with Gasteiger partial charge in [0, 0.05) is 6.54 Å². The summed E-state index contributed by atoms with van der Waals surface area (Å²) in [6, 6.07) is 5.71. The Morgan fingerprint density at radius 2 is 2.36 bits per heavy atom. The molecule has 0 aromatic heterocycles. The average Bonchev–Trinajstić information content (AvgIpc) is 2.20. The molecule has 4 heteroatoms. The molecule has 2 N–H and O–H groups in total. The first-order valence-corrected chi connectivity index (χ1v) is 4.26. The van der Waals surface area contributed by atoms with Crippen LogP contribution < -0.4 is 5.32 Å². The molecular weight excluding hydrogens is 182 g/mol. The molecule has 1 aromatic rings. The molecule has 0 aliphatic heterocycles. The van der Waals surface area contributed by atoms with Gasteiger partial charge in [-0.05, 0) is 25.1 Å². The summed E-state index contributed by atoms with van der Waals surface area (Å²) in [6.45, 7) is 2.55. The highest BCUT2D eigenvalue weighted by molar-refractivity contribution is 5.94. The zero-order chi connectivity index (χ0) is 10.6. The molecule has 0 saturated heterocycles. The van der Waals surface area contributed by atoms with Crippen molar-refractivity contribution in [1.82, 2.24) is 0 Å². The minimum Gasteiger partial charge on any atom is -0.505 e. The second-order valence-electron chi connectivity index (χ2n) is 2.65. The highest BCUT2D eigenvalue weighted by Crippen LogP contribution is 2.27. The number of rotatable bonds is 3. The van der Waals surface area contributed by atoms with Crippen molar-refractivity contribution in [2.75, 3.05) is 19.0 Å². The van der Waals surface area contributed by atoms with Crippen molar-refractivity contribution >= 4 is 11.7 Å². The van der Waals surface area contributed by atoms with Gasteiger partial charge in [0.1, 0.15) is 5.56 Å². The summed E-state index contributed by atoms with van der Waals surface area (Å²) in [4.78, 5) is 11.2.